The van der Waals surface area contributed by atoms with E-state index in [1.165, 1.54) is 0 Å². The molecule has 3 radical (unpaired) electrons. The number of aliphatic hydroxyl groups excluding tert-OH is 1. The lowest BCUT2D eigenvalue weighted by Crippen LogP contribution is -2.27. The molecule has 0 saturated carbocycles. The molecule has 1 atom stereocenters. The molecular weight excluding hydrogens is 298 g/mol. The minimum Gasteiger partial charge on any atom is -0.385 e. The van der Waals surface area contributed by atoms with Gasteiger partial charge in [-0.3, -0.25) is 7.57 Å². The van der Waals surface area contributed by atoms with Crippen LogP contribution in [0.4, 0.5) is 0 Å². The molecule has 1 nitrogen and oxygen atoms in total. The van der Waals surface area contributed by atoms with Crippen LogP contribution >= 0.6 is 7.14 Å². The maximum Gasteiger partial charge on any atom is 0.109 e. The quantitative estimate of drug-likeness (QED) is 0.564. The third-order valence-electron chi connectivity index (χ3n) is 4.08. The maximum atomic E-state index is 10.7. The average Bonchev–Trinajstić information content (AvgIpc) is 2.64. The van der Waals surface area contributed by atoms with Crippen LogP contribution in [0.2, 0.25) is 0 Å². The standard InChI is InChI=1S/C20H19BOP/c21-23(18-12-6-2-7-13-18,19-14-8-3-9-15-19)16-20(22)17-10-4-1-5-11-17/h1-15,20,22H,16H2. The SMILES string of the molecule is [B-][P+](CC(O)c1ccccc1)(c1ccccc1)c1ccccc1. The van der Waals surface area contributed by atoms with Gasteiger partial charge in [0.15, 0.2) is 0 Å². The zero-order chi connectivity index (χ0) is 16.1. The highest BCUT2D eigenvalue weighted by atomic mass is 31.2. The van der Waals surface area contributed by atoms with Crippen molar-refractivity contribution in [2.75, 3.05) is 6.16 Å². The molecule has 0 saturated heterocycles. The molecule has 113 valence electrons. The van der Waals surface area contributed by atoms with Crippen molar-refractivity contribution in [2.24, 2.45) is 0 Å². The van der Waals surface area contributed by atoms with E-state index >= 15 is 0 Å². The second-order valence-corrected chi connectivity index (χ2v) is 8.78. The summed E-state index contributed by atoms with van der Waals surface area (Å²) >= 11 is 0. The van der Waals surface area contributed by atoms with Crippen molar-refractivity contribution in [3.63, 3.8) is 0 Å². The Morgan fingerprint density at radius 3 is 1.52 bits per heavy atom. The van der Waals surface area contributed by atoms with E-state index in [0.29, 0.717) is 6.16 Å². The van der Waals surface area contributed by atoms with E-state index in [2.05, 4.69) is 24.3 Å². The highest BCUT2D eigenvalue weighted by Crippen LogP contribution is 2.53. The Labute approximate surface area is 139 Å². The van der Waals surface area contributed by atoms with Gasteiger partial charge >= 0.3 is 0 Å². The minimum absolute atomic E-state index is 0.533. The summed E-state index contributed by atoms with van der Waals surface area (Å²) in [5.74, 6) is 0. The molecule has 0 heterocycles. The van der Waals surface area contributed by atoms with Crippen molar-refractivity contribution in [3.8, 4) is 0 Å². The molecule has 0 aromatic heterocycles. The van der Waals surface area contributed by atoms with Crippen LogP contribution < -0.4 is 10.6 Å². The maximum absolute atomic E-state index is 10.7. The Balaban J connectivity index is 2.00. The van der Waals surface area contributed by atoms with Gasteiger partial charge in [-0.05, 0) is 29.8 Å². The van der Waals surface area contributed by atoms with E-state index in [0.717, 1.165) is 16.2 Å². The van der Waals surface area contributed by atoms with Crippen molar-refractivity contribution in [3.05, 3.63) is 96.6 Å². The fourth-order valence-electron chi connectivity index (χ4n) is 2.80. The molecule has 23 heavy (non-hydrogen) atoms. The van der Waals surface area contributed by atoms with Gasteiger partial charge in [-0.2, -0.15) is 7.14 Å². The molecule has 3 heteroatoms. The van der Waals surface area contributed by atoms with Crippen LogP contribution in [-0.4, -0.2) is 18.8 Å². The minimum atomic E-state index is -2.15. The summed E-state index contributed by atoms with van der Waals surface area (Å²) in [5.41, 5.74) is 0.911. The summed E-state index contributed by atoms with van der Waals surface area (Å²) in [6.07, 6.45) is -0.0413. The normalized spacial score (nSPS) is 12.8. The van der Waals surface area contributed by atoms with Gasteiger partial charge < -0.3 is 5.11 Å². The molecule has 0 amide bonds. The van der Waals surface area contributed by atoms with Gasteiger partial charge in [-0.15, -0.1) is 0 Å². The summed E-state index contributed by atoms with van der Waals surface area (Å²) in [7, 11) is 4.78. The van der Waals surface area contributed by atoms with Gasteiger partial charge in [0.05, 0.1) is 6.16 Å². The number of rotatable bonds is 5. The predicted octanol–water partition coefficient (Wildman–Crippen LogP) is 3.47. The number of benzene rings is 3. The Bertz CT molecular complexity index is 692. The molecule has 3 aromatic rings. The van der Waals surface area contributed by atoms with Crippen LogP contribution in [0.3, 0.4) is 0 Å². The van der Waals surface area contributed by atoms with E-state index in [-0.39, 0.29) is 0 Å². The average molecular weight is 317 g/mol. The van der Waals surface area contributed by atoms with Crippen molar-refractivity contribution in [2.45, 2.75) is 6.10 Å². The van der Waals surface area contributed by atoms with Crippen LogP contribution in [0.5, 0.6) is 0 Å². The Kier molecular flexibility index (Phi) is 4.95. The van der Waals surface area contributed by atoms with E-state index < -0.39 is 13.2 Å². The highest BCUT2D eigenvalue weighted by Gasteiger charge is 2.28. The Morgan fingerprint density at radius 2 is 1.09 bits per heavy atom. The molecular formula is C20H19BOP. The molecule has 0 aliphatic carbocycles. The van der Waals surface area contributed by atoms with Crippen molar-refractivity contribution in [1.29, 1.82) is 0 Å². The van der Waals surface area contributed by atoms with Crippen molar-refractivity contribution < 1.29 is 5.11 Å². The molecule has 1 N–H and O–H groups in total. The van der Waals surface area contributed by atoms with Gasteiger partial charge in [0.2, 0.25) is 0 Å². The third-order valence-corrected chi connectivity index (χ3v) is 7.44. The molecule has 0 spiro atoms. The predicted molar refractivity (Wildman–Crippen MR) is 101 cm³/mol. The first kappa shape index (κ1) is 16.0. The Morgan fingerprint density at radius 1 is 0.696 bits per heavy atom. The fourth-order valence-corrected chi connectivity index (χ4v) is 5.69. The van der Waals surface area contributed by atoms with Crippen LogP contribution in [0.25, 0.3) is 0 Å². The van der Waals surface area contributed by atoms with Gasteiger partial charge in [-0.1, -0.05) is 66.7 Å². The van der Waals surface area contributed by atoms with Crippen LogP contribution in [0.15, 0.2) is 91.0 Å². The second-order valence-electron chi connectivity index (χ2n) is 5.65. The van der Waals surface area contributed by atoms with E-state index in [1.54, 1.807) is 0 Å². The largest absolute Gasteiger partial charge is 0.385 e. The zero-order valence-corrected chi connectivity index (χ0v) is 13.8. The zero-order valence-electron chi connectivity index (χ0n) is 12.9. The van der Waals surface area contributed by atoms with E-state index in [9.17, 15) is 5.11 Å². The van der Waals surface area contributed by atoms with Crippen LogP contribution in [0, 0.1) is 0 Å². The van der Waals surface area contributed by atoms with E-state index in [1.807, 2.05) is 66.7 Å². The molecule has 0 fully saturated rings. The smallest absolute Gasteiger partial charge is 0.109 e. The van der Waals surface area contributed by atoms with Gasteiger partial charge in [0.25, 0.3) is 0 Å². The van der Waals surface area contributed by atoms with Gasteiger partial charge in [0, 0.05) is 10.6 Å². The molecule has 3 rings (SSSR count). The monoisotopic (exact) mass is 317 g/mol. The van der Waals surface area contributed by atoms with Crippen LogP contribution in [0.1, 0.15) is 11.7 Å². The van der Waals surface area contributed by atoms with Crippen molar-refractivity contribution in [1.82, 2.24) is 0 Å². The summed E-state index contributed by atoms with van der Waals surface area (Å²) in [4.78, 5) is 0. The lowest BCUT2D eigenvalue weighted by atomic mass is 10.1. The first-order valence-corrected chi connectivity index (χ1v) is 9.75. The molecule has 0 aliphatic heterocycles. The lowest BCUT2D eigenvalue weighted by molar-refractivity contribution is 0.203. The van der Waals surface area contributed by atoms with Crippen LogP contribution in [-0.2, 0) is 0 Å². The topological polar surface area (TPSA) is 20.2 Å². The molecule has 1 unspecified atom stereocenters. The first-order chi connectivity index (χ1) is 11.2. The molecule has 0 aliphatic rings. The number of hydrogen-bond acceptors (Lipinski definition) is 1. The third kappa shape index (κ3) is 3.55. The Hall–Kier alpha value is -1.89. The van der Waals surface area contributed by atoms with Gasteiger partial charge in [-0.25, -0.2) is 0 Å². The molecule has 0 bridgehead atoms. The summed E-state index contributed by atoms with van der Waals surface area (Å²) in [6, 6.07) is 30.0. The molecule has 3 aromatic carbocycles. The van der Waals surface area contributed by atoms with Gasteiger partial charge in [0.1, 0.15) is 6.10 Å². The lowest BCUT2D eigenvalue weighted by Gasteiger charge is -2.38. The van der Waals surface area contributed by atoms with E-state index in [4.69, 9.17) is 7.57 Å². The highest BCUT2D eigenvalue weighted by molar-refractivity contribution is 8.08. The number of hydrogen-bond donors (Lipinski definition) is 1. The van der Waals surface area contributed by atoms with Crippen molar-refractivity contribution >= 4 is 25.3 Å². The fraction of sp³-hybridized carbons (Fsp3) is 0.100. The summed E-state index contributed by atoms with van der Waals surface area (Å²) < 4.78 is 0. The summed E-state index contributed by atoms with van der Waals surface area (Å²) in [6.45, 7) is 0. The summed E-state index contributed by atoms with van der Waals surface area (Å²) in [5, 5.41) is 13.0. The number of aliphatic hydroxyl groups is 1. The first-order valence-electron chi connectivity index (χ1n) is 7.71. The second kappa shape index (κ2) is 7.13.